The van der Waals surface area contributed by atoms with Crippen molar-refractivity contribution in [1.82, 2.24) is 9.97 Å². The molecule has 3 heteroatoms. The molecule has 0 unspecified atom stereocenters. The Morgan fingerprint density at radius 1 is 1.10 bits per heavy atom. The molecule has 1 aromatic carbocycles. The van der Waals surface area contributed by atoms with Gasteiger partial charge in [-0.25, -0.2) is 9.55 Å². The maximum atomic E-state index is 4.61. The highest BCUT2D eigenvalue weighted by atomic mass is 14.9. The Kier molecular flexibility index (Phi) is 3.11. The molecule has 1 N–H and O–H groups in total. The van der Waals surface area contributed by atoms with E-state index >= 15 is 0 Å². The molecule has 0 atom stereocenters. The summed E-state index contributed by atoms with van der Waals surface area (Å²) in [6.07, 6.45) is 6.11. The van der Waals surface area contributed by atoms with Crippen LogP contribution in [0.2, 0.25) is 0 Å². The Morgan fingerprint density at radius 2 is 1.90 bits per heavy atom. The molecule has 0 saturated carbocycles. The van der Waals surface area contributed by atoms with Gasteiger partial charge in [-0.05, 0) is 49.2 Å². The molecule has 0 fully saturated rings. The summed E-state index contributed by atoms with van der Waals surface area (Å²) >= 11 is 0. The number of aryl methyl sites for hydroxylation is 3. The summed E-state index contributed by atoms with van der Waals surface area (Å²) in [5.41, 5.74) is 5.80. The normalized spacial score (nSPS) is 11.6. The van der Waals surface area contributed by atoms with Crippen molar-refractivity contribution >= 4 is 23.2 Å². The minimum atomic E-state index is 0.883. The van der Waals surface area contributed by atoms with Gasteiger partial charge < -0.3 is 4.98 Å². The third-order valence-corrected chi connectivity index (χ3v) is 3.62. The van der Waals surface area contributed by atoms with Crippen LogP contribution in [0.15, 0.2) is 36.5 Å². The Balaban J connectivity index is 1.97. The van der Waals surface area contributed by atoms with Gasteiger partial charge in [-0.15, -0.1) is 0 Å². The summed E-state index contributed by atoms with van der Waals surface area (Å²) in [5, 5.41) is 0. The molecule has 0 aliphatic carbocycles. The van der Waals surface area contributed by atoms with Gasteiger partial charge in [-0.2, -0.15) is 0 Å². The zero-order valence-corrected chi connectivity index (χ0v) is 12.0. The Labute approximate surface area is 118 Å². The predicted octanol–water partition coefficient (Wildman–Crippen LogP) is 3.17. The van der Waals surface area contributed by atoms with Crippen molar-refractivity contribution in [2.75, 3.05) is 0 Å². The number of aromatic nitrogens is 3. The quantitative estimate of drug-likeness (QED) is 0.708. The van der Waals surface area contributed by atoms with Gasteiger partial charge in [0.2, 0.25) is 5.69 Å². The highest BCUT2D eigenvalue weighted by molar-refractivity contribution is 5.79. The van der Waals surface area contributed by atoms with Crippen LogP contribution in [-0.2, 0) is 7.05 Å². The van der Waals surface area contributed by atoms with Crippen molar-refractivity contribution in [1.29, 1.82) is 0 Å². The molecule has 0 spiro atoms. The molecule has 0 aliphatic rings. The SMILES string of the molecule is Cc1cc2nc(/C=C/c3cccc[n+]3C)[nH]c2cc1C. The Hall–Kier alpha value is -2.42. The fourth-order valence-corrected chi connectivity index (χ4v) is 2.24. The zero-order valence-electron chi connectivity index (χ0n) is 12.0. The average Bonchev–Trinajstić information content (AvgIpc) is 2.80. The molecule has 3 rings (SSSR count). The predicted molar refractivity (Wildman–Crippen MR) is 82.1 cm³/mol. The molecular formula is C17H18N3+. The highest BCUT2D eigenvalue weighted by Gasteiger charge is 2.04. The second-order valence-corrected chi connectivity index (χ2v) is 5.15. The topological polar surface area (TPSA) is 32.6 Å². The number of H-pyrrole nitrogens is 1. The fourth-order valence-electron chi connectivity index (χ4n) is 2.24. The summed E-state index contributed by atoms with van der Waals surface area (Å²) in [7, 11) is 2.03. The van der Waals surface area contributed by atoms with Crippen LogP contribution >= 0.6 is 0 Å². The van der Waals surface area contributed by atoms with Crippen LogP contribution in [0.5, 0.6) is 0 Å². The zero-order chi connectivity index (χ0) is 14.1. The number of fused-ring (bicyclic) bond motifs is 1. The minimum absolute atomic E-state index is 0.883. The lowest BCUT2D eigenvalue weighted by Crippen LogP contribution is -2.30. The van der Waals surface area contributed by atoms with E-state index in [2.05, 4.69) is 52.7 Å². The van der Waals surface area contributed by atoms with E-state index in [1.165, 1.54) is 11.1 Å². The van der Waals surface area contributed by atoms with Gasteiger partial charge in [-0.1, -0.05) is 0 Å². The van der Waals surface area contributed by atoms with Gasteiger partial charge in [0.25, 0.3) is 0 Å². The fraction of sp³-hybridized carbons (Fsp3) is 0.176. The van der Waals surface area contributed by atoms with Crippen LogP contribution in [0.1, 0.15) is 22.6 Å². The monoisotopic (exact) mass is 264 g/mol. The molecule has 100 valence electrons. The lowest BCUT2D eigenvalue weighted by Gasteiger charge is -1.97. The molecule has 0 radical (unpaired) electrons. The first-order valence-electron chi connectivity index (χ1n) is 6.73. The first-order chi connectivity index (χ1) is 9.63. The molecule has 3 nitrogen and oxygen atoms in total. The minimum Gasteiger partial charge on any atom is -0.338 e. The van der Waals surface area contributed by atoms with Crippen LogP contribution in [0, 0.1) is 13.8 Å². The van der Waals surface area contributed by atoms with Crippen molar-refractivity contribution < 1.29 is 4.57 Å². The number of nitrogens with zero attached hydrogens (tertiary/aromatic N) is 2. The maximum Gasteiger partial charge on any atom is 0.205 e. The van der Waals surface area contributed by atoms with E-state index in [9.17, 15) is 0 Å². The van der Waals surface area contributed by atoms with Gasteiger partial charge in [0.15, 0.2) is 6.20 Å². The molecule has 0 saturated heterocycles. The lowest BCUT2D eigenvalue weighted by molar-refractivity contribution is -0.673. The summed E-state index contributed by atoms with van der Waals surface area (Å²) < 4.78 is 2.08. The average molecular weight is 264 g/mol. The smallest absolute Gasteiger partial charge is 0.205 e. The van der Waals surface area contributed by atoms with Gasteiger partial charge in [0.05, 0.1) is 11.0 Å². The summed E-state index contributed by atoms with van der Waals surface area (Å²) in [6, 6.07) is 10.4. The number of pyridine rings is 1. The van der Waals surface area contributed by atoms with Crippen molar-refractivity contribution in [2.45, 2.75) is 13.8 Å². The standard InChI is InChI=1S/C17H17N3/c1-12-10-15-16(11-13(12)2)19-17(18-15)8-7-14-6-4-5-9-20(14)3/h4-11H,1-3H3/p+1. The molecule has 0 bridgehead atoms. The second kappa shape index (κ2) is 4.93. The highest BCUT2D eigenvalue weighted by Crippen LogP contribution is 2.18. The van der Waals surface area contributed by atoms with E-state index in [0.717, 1.165) is 22.6 Å². The van der Waals surface area contributed by atoms with Crippen LogP contribution in [0.3, 0.4) is 0 Å². The van der Waals surface area contributed by atoms with E-state index in [1.54, 1.807) is 0 Å². The number of benzene rings is 1. The van der Waals surface area contributed by atoms with Gasteiger partial charge >= 0.3 is 0 Å². The summed E-state index contributed by atoms with van der Waals surface area (Å²) in [4.78, 5) is 7.95. The van der Waals surface area contributed by atoms with Crippen LogP contribution in [-0.4, -0.2) is 9.97 Å². The summed E-state index contributed by atoms with van der Waals surface area (Å²) in [6.45, 7) is 4.23. The maximum absolute atomic E-state index is 4.61. The molecule has 20 heavy (non-hydrogen) atoms. The second-order valence-electron chi connectivity index (χ2n) is 5.15. The van der Waals surface area contributed by atoms with Gasteiger partial charge in [-0.3, -0.25) is 0 Å². The van der Waals surface area contributed by atoms with Crippen molar-refractivity contribution in [2.24, 2.45) is 7.05 Å². The van der Waals surface area contributed by atoms with E-state index in [1.807, 2.05) is 31.5 Å². The molecule has 0 aliphatic heterocycles. The van der Waals surface area contributed by atoms with Gasteiger partial charge in [0, 0.05) is 18.2 Å². The molecular weight excluding hydrogens is 246 g/mol. The molecule has 3 aromatic rings. The van der Waals surface area contributed by atoms with E-state index < -0.39 is 0 Å². The lowest BCUT2D eigenvalue weighted by atomic mass is 10.1. The first-order valence-corrected chi connectivity index (χ1v) is 6.73. The number of aromatic amines is 1. The third kappa shape index (κ3) is 2.35. The number of hydrogen-bond donors (Lipinski definition) is 1. The van der Waals surface area contributed by atoms with Crippen LogP contribution in [0.4, 0.5) is 0 Å². The van der Waals surface area contributed by atoms with Crippen molar-refractivity contribution in [3.63, 3.8) is 0 Å². The van der Waals surface area contributed by atoms with Crippen LogP contribution in [0.25, 0.3) is 23.2 Å². The first kappa shape index (κ1) is 12.6. The third-order valence-electron chi connectivity index (χ3n) is 3.62. The van der Waals surface area contributed by atoms with E-state index in [-0.39, 0.29) is 0 Å². The molecule has 0 amide bonds. The number of rotatable bonds is 2. The van der Waals surface area contributed by atoms with Gasteiger partial charge in [0.1, 0.15) is 12.9 Å². The van der Waals surface area contributed by atoms with Crippen molar-refractivity contribution in [3.8, 4) is 0 Å². The van der Waals surface area contributed by atoms with Crippen molar-refractivity contribution in [3.05, 3.63) is 59.2 Å². The Bertz CT molecular complexity index is 758. The number of hydrogen-bond acceptors (Lipinski definition) is 1. The number of imidazole rings is 1. The largest absolute Gasteiger partial charge is 0.338 e. The van der Waals surface area contributed by atoms with E-state index in [4.69, 9.17) is 0 Å². The number of nitrogens with one attached hydrogen (secondary N) is 1. The van der Waals surface area contributed by atoms with E-state index in [0.29, 0.717) is 0 Å². The Morgan fingerprint density at radius 3 is 2.70 bits per heavy atom. The van der Waals surface area contributed by atoms with Crippen LogP contribution < -0.4 is 4.57 Å². The molecule has 2 heterocycles. The summed E-state index contributed by atoms with van der Waals surface area (Å²) in [5.74, 6) is 0.883. The molecule has 2 aromatic heterocycles.